The second-order valence-corrected chi connectivity index (χ2v) is 5.14. The van der Waals surface area contributed by atoms with Gasteiger partial charge >= 0.3 is 0 Å². The summed E-state index contributed by atoms with van der Waals surface area (Å²) in [6, 6.07) is 13.4. The highest BCUT2D eigenvalue weighted by Gasteiger charge is 2.18. The number of rotatable bonds is 4. The summed E-state index contributed by atoms with van der Waals surface area (Å²) < 4.78 is 0.889. The number of hydrogen-bond acceptors (Lipinski definition) is 2. The lowest BCUT2D eigenvalue weighted by atomic mass is 9.96. The monoisotopic (exact) mass is 318 g/mol. The van der Waals surface area contributed by atoms with E-state index in [4.69, 9.17) is 0 Å². The van der Waals surface area contributed by atoms with Crippen LogP contribution in [-0.4, -0.2) is 10.9 Å². The molecule has 0 aliphatic rings. The Morgan fingerprint density at radius 3 is 2.58 bits per heavy atom. The first kappa shape index (κ1) is 13.7. The van der Waals surface area contributed by atoms with Gasteiger partial charge in [-0.05, 0) is 40.0 Å². The summed E-state index contributed by atoms with van der Waals surface area (Å²) >= 11 is 3.32. The van der Waals surface area contributed by atoms with E-state index in [1.54, 1.807) is 12.3 Å². The molecular weight excluding hydrogens is 304 g/mol. The number of pyridine rings is 1. The summed E-state index contributed by atoms with van der Waals surface area (Å²) in [6.07, 6.45) is 2.42. The minimum atomic E-state index is -0.147. The molecule has 1 aromatic heterocycles. The summed E-state index contributed by atoms with van der Waals surface area (Å²) in [6.45, 7) is 2.01. The van der Waals surface area contributed by atoms with Gasteiger partial charge < -0.3 is 5.32 Å². The Morgan fingerprint density at radius 2 is 2.00 bits per heavy atom. The molecule has 98 valence electrons. The van der Waals surface area contributed by atoms with Gasteiger partial charge in [-0.15, -0.1) is 0 Å². The van der Waals surface area contributed by atoms with Crippen molar-refractivity contribution in [2.75, 3.05) is 5.32 Å². The molecule has 0 saturated carbocycles. The van der Waals surface area contributed by atoms with Crippen LogP contribution in [0.5, 0.6) is 0 Å². The van der Waals surface area contributed by atoms with Crippen molar-refractivity contribution in [2.24, 2.45) is 0 Å². The third-order valence-electron chi connectivity index (χ3n) is 2.91. The predicted molar refractivity (Wildman–Crippen MR) is 80.0 cm³/mol. The van der Waals surface area contributed by atoms with E-state index in [1.165, 1.54) is 0 Å². The third-order valence-corrected chi connectivity index (χ3v) is 3.37. The fourth-order valence-electron chi connectivity index (χ4n) is 1.92. The second kappa shape index (κ2) is 6.48. The van der Waals surface area contributed by atoms with E-state index in [1.807, 2.05) is 43.3 Å². The second-order valence-electron chi connectivity index (χ2n) is 4.22. The van der Waals surface area contributed by atoms with E-state index >= 15 is 0 Å². The number of hydrogen-bond donors (Lipinski definition) is 1. The first-order valence-corrected chi connectivity index (χ1v) is 6.97. The Balaban J connectivity index is 2.11. The normalized spacial score (nSPS) is 11.9. The number of amides is 1. The highest BCUT2D eigenvalue weighted by molar-refractivity contribution is 9.10. The van der Waals surface area contributed by atoms with Crippen molar-refractivity contribution < 1.29 is 4.79 Å². The van der Waals surface area contributed by atoms with Gasteiger partial charge in [0.2, 0.25) is 5.91 Å². The van der Waals surface area contributed by atoms with Crippen LogP contribution in [0.1, 0.15) is 24.8 Å². The van der Waals surface area contributed by atoms with E-state index in [-0.39, 0.29) is 11.8 Å². The van der Waals surface area contributed by atoms with Crippen molar-refractivity contribution in [1.82, 2.24) is 4.98 Å². The topological polar surface area (TPSA) is 42.0 Å². The zero-order valence-electron chi connectivity index (χ0n) is 10.6. The molecule has 2 aromatic rings. The number of aromatic nitrogens is 1. The highest BCUT2D eigenvalue weighted by Crippen LogP contribution is 2.21. The summed E-state index contributed by atoms with van der Waals surface area (Å²) in [7, 11) is 0. The van der Waals surface area contributed by atoms with Crippen molar-refractivity contribution in [3.8, 4) is 0 Å². The zero-order chi connectivity index (χ0) is 13.7. The van der Waals surface area contributed by atoms with Crippen LogP contribution < -0.4 is 5.32 Å². The number of anilines is 1. The molecule has 1 heterocycles. The van der Waals surface area contributed by atoms with E-state index in [9.17, 15) is 4.79 Å². The van der Waals surface area contributed by atoms with Crippen molar-refractivity contribution >= 4 is 27.7 Å². The van der Waals surface area contributed by atoms with E-state index in [0.717, 1.165) is 16.5 Å². The quantitative estimate of drug-likeness (QED) is 0.926. The van der Waals surface area contributed by atoms with Crippen LogP contribution in [0.15, 0.2) is 53.1 Å². The Kier molecular flexibility index (Phi) is 4.68. The van der Waals surface area contributed by atoms with Gasteiger partial charge in [0, 0.05) is 10.7 Å². The highest BCUT2D eigenvalue weighted by atomic mass is 79.9. The maximum atomic E-state index is 12.3. The Morgan fingerprint density at radius 1 is 1.26 bits per heavy atom. The first-order valence-electron chi connectivity index (χ1n) is 6.18. The van der Waals surface area contributed by atoms with Crippen LogP contribution in [0.3, 0.4) is 0 Å². The molecule has 1 aromatic carbocycles. The van der Waals surface area contributed by atoms with Crippen LogP contribution in [0.2, 0.25) is 0 Å². The van der Waals surface area contributed by atoms with Crippen LogP contribution in [-0.2, 0) is 4.79 Å². The molecule has 0 aliphatic heterocycles. The first-order chi connectivity index (χ1) is 9.20. The Hall–Kier alpha value is -1.68. The third kappa shape index (κ3) is 3.64. The van der Waals surface area contributed by atoms with E-state index in [0.29, 0.717) is 5.82 Å². The molecule has 0 aliphatic carbocycles. The summed E-state index contributed by atoms with van der Waals surface area (Å²) in [5.74, 6) is 0.401. The van der Waals surface area contributed by atoms with Crippen LogP contribution in [0.25, 0.3) is 0 Å². The van der Waals surface area contributed by atoms with Gasteiger partial charge in [-0.1, -0.05) is 37.3 Å². The molecule has 0 spiro atoms. The number of halogens is 1. The number of carbonyl (C=O) groups is 1. The largest absolute Gasteiger partial charge is 0.310 e. The van der Waals surface area contributed by atoms with Gasteiger partial charge in [0.1, 0.15) is 5.82 Å². The fourth-order valence-corrected chi connectivity index (χ4v) is 2.16. The summed E-state index contributed by atoms with van der Waals surface area (Å²) in [5.41, 5.74) is 1.03. The molecule has 0 radical (unpaired) electrons. The average Bonchev–Trinajstić information content (AvgIpc) is 2.43. The molecule has 3 nitrogen and oxygen atoms in total. The Labute approximate surface area is 121 Å². The molecular formula is C15H15BrN2O. The number of carbonyl (C=O) groups excluding carboxylic acids is 1. The lowest BCUT2D eigenvalue weighted by Gasteiger charge is -2.14. The summed E-state index contributed by atoms with van der Waals surface area (Å²) in [5, 5.41) is 2.85. The lowest BCUT2D eigenvalue weighted by molar-refractivity contribution is -0.117. The van der Waals surface area contributed by atoms with Crippen molar-refractivity contribution in [1.29, 1.82) is 0 Å². The number of nitrogens with one attached hydrogen (secondary N) is 1. The fraction of sp³-hybridized carbons (Fsp3) is 0.200. The molecule has 1 amide bonds. The maximum absolute atomic E-state index is 12.3. The molecule has 0 bridgehead atoms. The van der Waals surface area contributed by atoms with E-state index < -0.39 is 0 Å². The maximum Gasteiger partial charge on any atom is 0.233 e. The molecule has 0 saturated heterocycles. The van der Waals surface area contributed by atoms with Gasteiger partial charge in [0.25, 0.3) is 0 Å². The van der Waals surface area contributed by atoms with Gasteiger partial charge in [-0.3, -0.25) is 4.79 Å². The molecule has 19 heavy (non-hydrogen) atoms. The molecule has 0 unspecified atom stereocenters. The van der Waals surface area contributed by atoms with Crippen LogP contribution >= 0.6 is 15.9 Å². The lowest BCUT2D eigenvalue weighted by Crippen LogP contribution is -2.21. The molecule has 1 atom stereocenters. The van der Waals surface area contributed by atoms with Gasteiger partial charge in [0.05, 0.1) is 5.92 Å². The smallest absolute Gasteiger partial charge is 0.233 e. The van der Waals surface area contributed by atoms with E-state index in [2.05, 4.69) is 26.2 Å². The minimum absolute atomic E-state index is 0.0245. The van der Waals surface area contributed by atoms with Crippen molar-refractivity contribution in [3.63, 3.8) is 0 Å². The van der Waals surface area contributed by atoms with Crippen LogP contribution in [0, 0.1) is 0 Å². The van der Waals surface area contributed by atoms with Gasteiger partial charge in [-0.25, -0.2) is 4.98 Å². The Bertz CT molecular complexity index is 540. The standard InChI is InChI=1S/C15H15BrN2O/c1-2-13(11-6-4-3-5-7-11)15(19)18-14-9-8-12(16)10-17-14/h3-10,13H,2H2,1H3,(H,17,18,19)/t13-/m0/s1. The number of nitrogens with zero attached hydrogens (tertiary/aromatic N) is 1. The van der Waals surface area contributed by atoms with Gasteiger partial charge in [-0.2, -0.15) is 0 Å². The predicted octanol–water partition coefficient (Wildman–Crippen LogP) is 3.98. The van der Waals surface area contributed by atoms with Crippen molar-refractivity contribution in [3.05, 3.63) is 58.7 Å². The zero-order valence-corrected chi connectivity index (χ0v) is 12.2. The molecule has 2 rings (SSSR count). The molecule has 4 heteroatoms. The minimum Gasteiger partial charge on any atom is -0.310 e. The van der Waals surface area contributed by atoms with Crippen LogP contribution in [0.4, 0.5) is 5.82 Å². The average molecular weight is 319 g/mol. The number of benzene rings is 1. The SMILES string of the molecule is CC[C@H](C(=O)Nc1ccc(Br)cn1)c1ccccc1. The molecule has 0 fully saturated rings. The summed E-state index contributed by atoms with van der Waals surface area (Å²) in [4.78, 5) is 16.4. The molecule has 1 N–H and O–H groups in total. The van der Waals surface area contributed by atoms with Gasteiger partial charge in [0.15, 0.2) is 0 Å². The van der Waals surface area contributed by atoms with Crippen molar-refractivity contribution in [2.45, 2.75) is 19.3 Å².